The molecule has 0 aliphatic heterocycles. The summed E-state index contributed by atoms with van der Waals surface area (Å²) in [5, 5.41) is 3.91. The van der Waals surface area contributed by atoms with Crippen LogP contribution in [0, 0.1) is 19.8 Å². The van der Waals surface area contributed by atoms with Gasteiger partial charge in [-0.1, -0.05) is 13.8 Å². The van der Waals surface area contributed by atoms with Gasteiger partial charge in [0, 0.05) is 17.8 Å². The molecule has 0 fully saturated rings. The molecule has 0 spiro atoms. The van der Waals surface area contributed by atoms with Crippen LogP contribution in [0.4, 0.5) is 0 Å². The van der Waals surface area contributed by atoms with E-state index >= 15 is 0 Å². The Bertz CT molecular complexity index is 368. The van der Waals surface area contributed by atoms with Crippen molar-refractivity contribution in [1.29, 1.82) is 0 Å². The number of carbonyl (C=O) groups excluding carboxylic acids is 1. The third kappa shape index (κ3) is 4.09. The van der Waals surface area contributed by atoms with E-state index in [0.29, 0.717) is 6.54 Å². The van der Waals surface area contributed by atoms with Gasteiger partial charge in [0.2, 0.25) is 5.91 Å². The SMILES string of the molecule is Cc1nc(CCNC(=O)[C@@H](N)C(C)C)sc1C. The van der Waals surface area contributed by atoms with Crippen molar-refractivity contribution in [2.24, 2.45) is 11.7 Å². The van der Waals surface area contributed by atoms with E-state index in [0.717, 1.165) is 17.1 Å². The third-order valence-corrected chi connectivity index (χ3v) is 3.86. The molecule has 1 aromatic rings. The molecule has 0 bridgehead atoms. The van der Waals surface area contributed by atoms with Crippen LogP contribution in [-0.4, -0.2) is 23.5 Å². The second kappa shape index (κ2) is 6.12. The highest BCUT2D eigenvalue weighted by atomic mass is 32.1. The number of amides is 1. The second-order valence-corrected chi connectivity index (χ2v) is 5.85. The Balaban J connectivity index is 2.35. The number of carbonyl (C=O) groups is 1. The maximum atomic E-state index is 11.6. The van der Waals surface area contributed by atoms with Gasteiger partial charge in [-0.25, -0.2) is 4.98 Å². The normalized spacial score (nSPS) is 12.8. The molecule has 0 radical (unpaired) electrons. The van der Waals surface area contributed by atoms with Crippen molar-refractivity contribution in [2.75, 3.05) is 6.54 Å². The first-order valence-corrected chi connectivity index (χ1v) is 6.69. The zero-order valence-corrected chi connectivity index (χ0v) is 11.7. The maximum Gasteiger partial charge on any atom is 0.237 e. The number of nitrogens with zero attached hydrogens (tertiary/aromatic N) is 1. The number of nitrogens with two attached hydrogens (primary N) is 1. The summed E-state index contributed by atoms with van der Waals surface area (Å²) in [6, 6.07) is -0.422. The van der Waals surface area contributed by atoms with Crippen LogP contribution in [0.25, 0.3) is 0 Å². The van der Waals surface area contributed by atoms with Crippen LogP contribution in [0.5, 0.6) is 0 Å². The van der Waals surface area contributed by atoms with E-state index in [-0.39, 0.29) is 11.8 Å². The Hall–Kier alpha value is -0.940. The fourth-order valence-electron chi connectivity index (χ4n) is 1.36. The topological polar surface area (TPSA) is 68.0 Å². The van der Waals surface area contributed by atoms with Gasteiger partial charge in [0.1, 0.15) is 0 Å². The number of hydrogen-bond acceptors (Lipinski definition) is 4. The van der Waals surface area contributed by atoms with E-state index in [1.165, 1.54) is 4.88 Å². The van der Waals surface area contributed by atoms with Crippen molar-refractivity contribution >= 4 is 17.2 Å². The molecule has 0 aliphatic carbocycles. The van der Waals surface area contributed by atoms with Crippen LogP contribution in [0.1, 0.15) is 29.4 Å². The number of thiazole rings is 1. The van der Waals surface area contributed by atoms with Gasteiger partial charge in [0.05, 0.1) is 16.7 Å². The van der Waals surface area contributed by atoms with Crippen LogP contribution in [0.15, 0.2) is 0 Å². The van der Waals surface area contributed by atoms with Crippen LogP contribution in [0.2, 0.25) is 0 Å². The summed E-state index contributed by atoms with van der Waals surface area (Å²) < 4.78 is 0. The monoisotopic (exact) mass is 255 g/mol. The third-order valence-electron chi connectivity index (χ3n) is 2.73. The summed E-state index contributed by atoms with van der Waals surface area (Å²) in [6.45, 7) is 8.55. The summed E-state index contributed by atoms with van der Waals surface area (Å²) >= 11 is 1.69. The van der Waals surface area contributed by atoms with Crippen LogP contribution >= 0.6 is 11.3 Å². The summed E-state index contributed by atoms with van der Waals surface area (Å²) in [5.74, 6) is 0.0874. The zero-order chi connectivity index (χ0) is 13.0. The van der Waals surface area contributed by atoms with Crippen molar-refractivity contribution in [2.45, 2.75) is 40.2 Å². The number of hydrogen-bond donors (Lipinski definition) is 2. The number of aryl methyl sites for hydroxylation is 2. The van der Waals surface area contributed by atoms with Gasteiger partial charge >= 0.3 is 0 Å². The Kier molecular flexibility index (Phi) is 5.08. The van der Waals surface area contributed by atoms with E-state index in [1.54, 1.807) is 11.3 Å². The molecule has 0 aliphatic rings. The van der Waals surface area contributed by atoms with Crippen molar-refractivity contribution in [3.8, 4) is 0 Å². The molecular weight excluding hydrogens is 234 g/mol. The molecule has 0 saturated carbocycles. The molecule has 1 aromatic heterocycles. The van der Waals surface area contributed by atoms with Gasteiger partial charge in [0.25, 0.3) is 0 Å². The quantitative estimate of drug-likeness (QED) is 0.835. The van der Waals surface area contributed by atoms with Crippen LogP contribution in [0.3, 0.4) is 0 Å². The van der Waals surface area contributed by atoms with E-state index in [2.05, 4.69) is 17.2 Å². The number of rotatable bonds is 5. The molecular formula is C12H21N3OS. The summed E-state index contributed by atoms with van der Waals surface area (Å²) in [6.07, 6.45) is 0.774. The Morgan fingerprint density at radius 3 is 2.59 bits per heavy atom. The molecule has 1 amide bonds. The minimum atomic E-state index is -0.422. The highest BCUT2D eigenvalue weighted by molar-refractivity contribution is 7.11. The molecule has 0 unspecified atom stereocenters. The molecule has 1 atom stereocenters. The van der Waals surface area contributed by atoms with Gasteiger partial charge in [-0.05, 0) is 19.8 Å². The average molecular weight is 255 g/mol. The Morgan fingerprint density at radius 2 is 2.12 bits per heavy atom. The maximum absolute atomic E-state index is 11.6. The van der Waals surface area contributed by atoms with E-state index in [4.69, 9.17) is 5.73 Å². The van der Waals surface area contributed by atoms with Gasteiger partial charge in [-0.3, -0.25) is 4.79 Å². The van der Waals surface area contributed by atoms with E-state index in [9.17, 15) is 4.79 Å². The van der Waals surface area contributed by atoms with Crippen LogP contribution in [-0.2, 0) is 11.2 Å². The van der Waals surface area contributed by atoms with Crippen molar-refractivity contribution in [3.63, 3.8) is 0 Å². The molecule has 1 rings (SSSR count). The average Bonchev–Trinajstić information content (AvgIpc) is 2.57. The smallest absolute Gasteiger partial charge is 0.237 e. The summed E-state index contributed by atoms with van der Waals surface area (Å²) in [4.78, 5) is 17.3. The Labute approximate surface area is 107 Å². The second-order valence-electron chi connectivity index (χ2n) is 4.56. The molecule has 0 saturated heterocycles. The molecule has 3 N–H and O–H groups in total. The molecule has 17 heavy (non-hydrogen) atoms. The first-order valence-electron chi connectivity index (χ1n) is 5.88. The largest absolute Gasteiger partial charge is 0.354 e. The lowest BCUT2D eigenvalue weighted by atomic mass is 10.1. The fourth-order valence-corrected chi connectivity index (χ4v) is 2.29. The lowest BCUT2D eigenvalue weighted by Crippen LogP contribution is -2.44. The zero-order valence-electron chi connectivity index (χ0n) is 10.9. The minimum absolute atomic E-state index is 0.0787. The predicted octanol–water partition coefficient (Wildman–Crippen LogP) is 1.40. The molecule has 5 heteroatoms. The van der Waals surface area contributed by atoms with Crippen molar-refractivity contribution in [1.82, 2.24) is 10.3 Å². The lowest BCUT2D eigenvalue weighted by Gasteiger charge is -2.14. The molecule has 0 aromatic carbocycles. The standard InChI is InChI=1S/C12H21N3OS/c1-7(2)11(13)12(16)14-6-5-10-15-8(3)9(4)17-10/h7,11H,5-6,13H2,1-4H3,(H,14,16)/t11-/m0/s1. The van der Waals surface area contributed by atoms with Gasteiger partial charge in [-0.2, -0.15) is 0 Å². The molecule has 1 heterocycles. The van der Waals surface area contributed by atoms with Gasteiger partial charge in [-0.15, -0.1) is 11.3 Å². The van der Waals surface area contributed by atoms with Crippen molar-refractivity contribution < 1.29 is 4.79 Å². The van der Waals surface area contributed by atoms with Gasteiger partial charge in [0.15, 0.2) is 0 Å². The first kappa shape index (κ1) is 14.1. The molecule has 4 nitrogen and oxygen atoms in total. The number of aromatic nitrogens is 1. The van der Waals surface area contributed by atoms with Gasteiger partial charge < -0.3 is 11.1 Å². The minimum Gasteiger partial charge on any atom is -0.354 e. The number of nitrogens with one attached hydrogen (secondary N) is 1. The van der Waals surface area contributed by atoms with Crippen LogP contribution < -0.4 is 11.1 Å². The van der Waals surface area contributed by atoms with E-state index in [1.807, 2.05) is 20.8 Å². The summed E-state index contributed by atoms with van der Waals surface area (Å²) in [7, 11) is 0. The fraction of sp³-hybridized carbons (Fsp3) is 0.667. The lowest BCUT2D eigenvalue weighted by molar-refractivity contribution is -0.123. The highest BCUT2D eigenvalue weighted by Gasteiger charge is 2.16. The first-order chi connectivity index (χ1) is 7.91. The van der Waals surface area contributed by atoms with E-state index < -0.39 is 6.04 Å². The van der Waals surface area contributed by atoms with Crippen molar-refractivity contribution in [3.05, 3.63) is 15.6 Å². The summed E-state index contributed by atoms with van der Waals surface area (Å²) in [5.41, 5.74) is 6.82. The highest BCUT2D eigenvalue weighted by Crippen LogP contribution is 2.16. The predicted molar refractivity (Wildman–Crippen MR) is 71.1 cm³/mol. The molecule has 96 valence electrons. The Morgan fingerprint density at radius 1 is 1.47 bits per heavy atom.